The van der Waals surface area contributed by atoms with Crippen molar-refractivity contribution in [1.29, 1.82) is 0 Å². The van der Waals surface area contributed by atoms with E-state index in [0.29, 0.717) is 12.5 Å². The molecule has 0 aliphatic heterocycles. The van der Waals surface area contributed by atoms with Crippen LogP contribution in [0.3, 0.4) is 0 Å². The van der Waals surface area contributed by atoms with Crippen LogP contribution >= 0.6 is 0 Å². The third-order valence-electron chi connectivity index (χ3n) is 3.01. The van der Waals surface area contributed by atoms with Crippen LogP contribution in [0, 0.1) is 11.8 Å². The van der Waals surface area contributed by atoms with Gasteiger partial charge in [-0.15, -0.1) is 0 Å². The molecule has 19 heavy (non-hydrogen) atoms. The Morgan fingerprint density at radius 2 is 1.37 bits per heavy atom. The van der Waals surface area contributed by atoms with E-state index >= 15 is 0 Å². The summed E-state index contributed by atoms with van der Waals surface area (Å²) >= 11 is 0. The van der Waals surface area contributed by atoms with Crippen molar-refractivity contribution in [1.82, 2.24) is 0 Å². The molecule has 118 valence electrons. The Balaban J connectivity index is 0. The van der Waals surface area contributed by atoms with E-state index in [9.17, 15) is 0 Å². The Hall–Kier alpha value is -0.170. The molecule has 0 fully saturated rings. The van der Waals surface area contributed by atoms with Crippen LogP contribution in [-0.4, -0.2) is 29.2 Å². The van der Waals surface area contributed by atoms with Gasteiger partial charge < -0.3 is 14.2 Å². The molecule has 6 heteroatoms. The quantitative estimate of drug-likeness (QED) is 0.400. The number of unbranched alkanes of at least 4 members (excludes halogenated alkanes) is 2. The molecule has 5 nitrogen and oxygen atoms in total. The van der Waals surface area contributed by atoms with E-state index in [2.05, 4.69) is 20.8 Å². The van der Waals surface area contributed by atoms with E-state index in [-0.39, 0.29) is 0 Å². The molecule has 0 amide bonds. The van der Waals surface area contributed by atoms with Crippen molar-refractivity contribution in [2.24, 2.45) is 11.8 Å². The van der Waals surface area contributed by atoms with Crippen molar-refractivity contribution in [2.45, 2.75) is 65.7 Å². The highest BCUT2D eigenvalue weighted by Crippen LogP contribution is 2.17. The van der Waals surface area contributed by atoms with E-state index < -0.39 is 10.4 Å². The molecule has 0 heterocycles. The lowest BCUT2D eigenvalue weighted by Crippen LogP contribution is -2.02. The average molecular weight is 296 g/mol. The first-order chi connectivity index (χ1) is 8.70. The van der Waals surface area contributed by atoms with Gasteiger partial charge in [0.15, 0.2) is 0 Å². The fourth-order valence-corrected chi connectivity index (χ4v) is 1.79. The lowest BCUT2D eigenvalue weighted by atomic mass is 9.95. The monoisotopic (exact) mass is 296 g/mol. The first kappa shape index (κ1) is 21.1. The maximum Gasteiger partial charge on any atom is 0.0456 e. The summed E-state index contributed by atoms with van der Waals surface area (Å²) in [5, 5.41) is 8.87. The molecule has 0 aromatic rings. The molecule has 0 saturated heterocycles. The summed E-state index contributed by atoms with van der Waals surface area (Å²) in [6, 6.07) is 0. The molecule has 0 rings (SSSR count). The Morgan fingerprint density at radius 1 is 0.947 bits per heavy atom. The Kier molecular flexibility index (Phi) is 14.3. The largest absolute Gasteiger partial charge is 0.759 e. The number of hydrogen-bond donors (Lipinski definition) is 1. The molecule has 1 N–H and O–H groups in total. The molecule has 0 aromatic heterocycles. The molecule has 0 aromatic carbocycles. The zero-order valence-corrected chi connectivity index (χ0v) is 13.1. The summed E-state index contributed by atoms with van der Waals surface area (Å²) in [6.07, 6.45) is 9.32. The van der Waals surface area contributed by atoms with Gasteiger partial charge in [-0.25, -0.2) is 0 Å². The van der Waals surface area contributed by atoms with Gasteiger partial charge in [0, 0.05) is 17.0 Å². The normalized spacial score (nSPS) is 14.4. The molecule has 2 unspecified atom stereocenters. The van der Waals surface area contributed by atoms with E-state index in [1.807, 2.05) is 0 Å². The van der Waals surface area contributed by atoms with Crippen molar-refractivity contribution in [2.75, 3.05) is 6.61 Å². The average Bonchev–Trinajstić information content (AvgIpc) is 2.27. The van der Waals surface area contributed by atoms with Gasteiger partial charge in [-0.05, 0) is 18.3 Å². The molecule has 2 atom stereocenters. The zero-order chi connectivity index (χ0) is 15.3. The first-order valence-electron chi connectivity index (χ1n) is 6.98. The Bertz CT molecular complexity index is 269. The third-order valence-corrected chi connectivity index (χ3v) is 3.01. The van der Waals surface area contributed by atoms with Gasteiger partial charge in [-0.3, -0.25) is 8.42 Å². The van der Waals surface area contributed by atoms with E-state index in [4.69, 9.17) is 22.6 Å². The molecule has 0 bridgehead atoms. The smallest absolute Gasteiger partial charge is 0.0456 e. The highest BCUT2D eigenvalue weighted by molar-refractivity contribution is 7.79. The summed E-state index contributed by atoms with van der Waals surface area (Å²) in [7, 11) is -5.17. The summed E-state index contributed by atoms with van der Waals surface area (Å²) in [5.41, 5.74) is 0. The minimum Gasteiger partial charge on any atom is -0.759 e. The molecule has 0 spiro atoms. The standard InChI is InChI=1S/C13H28O.H2O4S/c1-4-5-6-8-12(2)9-7-10-13(3)11-14;1-5(2,3)4/h12-14H,4-11H2,1-3H3;(H2,1,2,3,4)/p-2. The van der Waals surface area contributed by atoms with Crippen LogP contribution in [0.15, 0.2) is 0 Å². The lowest BCUT2D eigenvalue weighted by molar-refractivity contribution is 0.225. The van der Waals surface area contributed by atoms with Gasteiger partial charge in [0.25, 0.3) is 0 Å². The van der Waals surface area contributed by atoms with Crippen LogP contribution in [0.25, 0.3) is 0 Å². The van der Waals surface area contributed by atoms with Crippen LogP contribution < -0.4 is 0 Å². The summed E-state index contributed by atoms with van der Waals surface area (Å²) in [4.78, 5) is 0. The number of rotatable bonds is 9. The second-order valence-electron chi connectivity index (χ2n) is 5.23. The van der Waals surface area contributed by atoms with E-state index in [1.54, 1.807) is 0 Å². The Morgan fingerprint density at radius 3 is 1.79 bits per heavy atom. The van der Waals surface area contributed by atoms with Gasteiger partial charge in [0.2, 0.25) is 0 Å². The third kappa shape index (κ3) is 27.1. The minimum absolute atomic E-state index is 0.351. The number of aliphatic hydroxyl groups excluding tert-OH is 1. The van der Waals surface area contributed by atoms with Gasteiger partial charge in [-0.2, -0.15) is 0 Å². The fraction of sp³-hybridized carbons (Fsp3) is 1.00. The van der Waals surface area contributed by atoms with Gasteiger partial charge >= 0.3 is 0 Å². The predicted molar refractivity (Wildman–Crippen MR) is 73.9 cm³/mol. The van der Waals surface area contributed by atoms with Gasteiger partial charge in [0.05, 0.1) is 0 Å². The molecule has 0 aliphatic rings. The summed E-state index contributed by atoms with van der Waals surface area (Å²) in [6.45, 7) is 7.10. The van der Waals surface area contributed by atoms with Gasteiger partial charge in [-0.1, -0.05) is 59.3 Å². The fourth-order valence-electron chi connectivity index (χ4n) is 1.79. The van der Waals surface area contributed by atoms with E-state index in [0.717, 1.165) is 5.92 Å². The highest BCUT2D eigenvalue weighted by Gasteiger charge is 2.04. The lowest BCUT2D eigenvalue weighted by Gasteiger charge is -2.12. The number of aliphatic hydroxyl groups is 1. The second kappa shape index (κ2) is 12.8. The van der Waals surface area contributed by atoms with Crippen LogP contribution in [-0.2, 0) is 10.4 Å². The van der Waals surface area contributed by atoms with Crippen LogP contribution in [0.5, 0.6) is 0 Å². The van der Waals surface area contributed by atoms with Crippen molar-refractivity contribution in [3.63, 3.8) is 0 Å². The molecular weight excluding hydrogens is 268 g/mol. The number of hydrogen-bond acceptors (Lipinski definition) is 5. The zero-order valence-electron chi connectivity index (χ0n) is 12.3. The van der Waals surface area contributed by atoms with Crippen LogP contribution in [0.2, 0.25) is 0 Å². The predicted octanol–water partition coefficient (Wildman–Crippen LogP) is 2.66. The minimum atomic E-state index is -5.17. The van der Waals surface area contributed by atoms with Crippen molar-refractivity contribution < 1.29 is 22.6 Å². The van der Waals surface area contributed by atoms with Crippen molar-refractivity contribution in [3.05, 3.63) is 0 Å². The summed E-state index contributed by atoms with van der Waals surface area (Å²) in [5.74, 6) is 1.38. The molecule has 0 radical (unpaired) electrons. The second-order valence-corrected chi connectivity index (χ2v) is 6.04. The SMILES string of the molecule is CCCCCC(C)CCCC(C)CO.O=S(=O)([O-])[O-]. The highest BCUT2D eigenvalue weighted by atomic mass is 32.3. The maximum atomic E-state index is 8.87. The van der Waals surface area contributed by atoms with Crippen LogP contribution in [0.1, 0.15) is 65.7 Å². The summed E-state index contributed by atoms with van der Waals surface area (Å²) < 4.78 is 34.1. The molecular formula is C13H28O5S-2. The molecule has 0 saturated carbocycles. The Labute approximate surface area is 118 Å². The van der Waals surface area contributed by atoms with Gasteiger partial charge in [0.1, 0.15) is 0 Å². The maximum absolute atomic E-state index is 8.87. The topological polar surface area (TPSA) is 100 Å². The van der Waals surface area contributed by atoms with Crippen LogP contribution in [0.4, 0.5) is 0 Å². The molecule has 0 aliphatic carbocycles. The first-order valence-corrected chi connectivity index (χ1v) is 8.31. The van der Waals surface area contributed by atoms with Crippen molar-refractivity contribution in [3.8, 4) is 0 Å². The van der Waals surface area contributed by atoms with Crippen molar-refractivity contribution >= 4 is 10.4 Å². The van der Waals surface area contributed by atoms with E-state index in [1.165, 1.54) is 44.9 Å².